The van der Waals surface area contributed by atoms with Crippen LogP contribution in [0.5, 0.6) is 11.5 Å². The normalized spacial score (nSPS) is 15.0. The molecular weight excluding hydrogens is 484 g/mol. The van der Waals surface area contributed by atoms with Crippen LogP contribution >= 0.6 is 0 Å². The van der Waals surface area contributed by atoms with Crippen molar-refractivity contribution in [3.8, 4) is 23.0 Å². The second kappa shape index (κ2) is 11.1. The van der Waals surface area contributed by atoms with Gasteiger partial charge in [0.15, 0.2) is 11.5 Å². The third-order valence-corrected chi connectivity index (χ3v) is 7.84. The number of carbonyl (C=O) groups excluding carboxylic acids is 1. The standard InChI is InChI=1S/C25H30N4O6S/c1-4-33-21-11-8-19(16-22(21)34-5-2)24-27-28-25(35-24)26-23(30)18-12-14-29(15-13-18)36(31,32)20-9-6-17(3)7-10-20/h6-11,16,18H,4-5,12-15H2,1-3H3,(H,26,28,30). The number of hydrogen-bond donors (Lipinski definition) is 1. The fourth-order valence-corrected chi connectivity index (χ4v) is 5.47. The molecular formula is C25H30N4O6S. The lowest BCUT2D eigenvalue weighted by atomic mass is 9.97. The zero-order valence-electron chi connectivity index (χ0n) is 20.6. The van der Waals surface area contributed by atoms with Crippen molar-refractivity contribution in [2.45, 2.75) is 38.5 Å². The van der Waals surface area contributed by atoms with E-state index in [2.05, 4.69) is 15.5 Å². The van der Waals surface area contributed by atoms with E-state index in [4.69, 9.17) is 13.9 Å². The zero-order chi connectivity index (χ0) is 25.7. The maximum absolute atomic E-state index is 12.9. The van der Waals surface area contributed by atoms with Crippen molar-refractivity contribution in [1.29, 1.82) is 0 Å². The van der Waals surface area contributed by atoms with Crippen molar-refractivity contribution in [3.05, 3.63) is 48.0 Å². The topological polar surface area (TPSA) is 124 Å². The number of piperidine rings is 1. The first-order valence-corrected chi connectivity index (χ1v) is 13.4. The lowest BCUT2D eigenvalue weighted by Gasteiger charge is -2.30. The van der Waals surface area contributed by atoms with Crippen molar-refractivity contribution in [3.63, 3.8) is 0 Å². The summed E-state index contributed by atoms with van der Waals surface area (Å²) in [7, 11) is -3.59. The Morgan fingerprint density at radius 1 is 1.03 bits per heavy atom. The molecule has 192 valence electrons. The molecule has 1 fully saturated rings. The number of anilines is 1. The van der Waals surface area contributed by atoms with Gasteiger partial charge in [-0.05, 0) is 63.9 Å². The number of nitrogens with zero attached hydrogens (tertiary/aromatic N) is 3. The Labute approximate surface area is 210 Å². The fourth-order valence-electron chi connectivity index (χ4n) is 4.00. The molecule has 1 amide bonds. The highest BCUT2D eigenvalue weighted by molar-refractivity contribution is 7.89. The van der Waals surface area contributed by atoms with Gasteiger partial charge in [0.1, 0.15) is 0 Å². The first kappa shape index (κ1) is 25.6. The summed E-state index contributed by atoms with van der Waals surface area (Å²) in [5, 5.41) is 10.6. The van der Waals surface area contributed by atoms with E-state index in [1.165, 1.54) is 4.31 Å². The van der Waals surface area contributed by atoms with Gasteiger partial charge in [-0.2, -0.15) is 4.31 Å². The van der Waals surface area contributed by atoms with Crippen molar-refractivity contribution in [2.24, 2.45) is 5.92 Å². The average Bonchev–Trinajstić information content (AvgIpc) is 3.34. The van der Waals surface area contributed by atoms with Crippen LogP contribution < -0.4 is 14.8 Å². The van der Waals surface area contributed by atoms with Crippen LogP contribution in [0.4, 0.5) is 6.01 Å². The molecule has 2 aromatic carbocycles. The summed E-state index contributed by atoms with van der Waals surface area (Å²) in [4.78, 5) is 13.0. The minimum absolute atomic E-state index is 0.0171. The number of rotatable bonds is 9. The van der Waals surface area contributed by atoms with Gasteiger partial charge >= 0.3 is 6.01 Å². The van der Waals surface area contributed by atoms with E-state index in [0.717, 1.165) is 5.56 Å². The van der Waals surface area contributed by atoms with E-state index in [1.54, 1.807) is 42.5 Å². The number of aryl methyl sites for hydroxylation is 1. The molecule has 3 aromatic rings. The first-order chi connectivity index (χ1) is 17.3. The molecule has 10 nitrogen and oxygen atoms in total. The van der Waals surface area contributed by atoms with Gasteiger partial charge in [-0.15, -0.1) is 5.10 Å². The largest absolute Gasteiger partial charge is 0.490 e. The van der Waals surface area contributed by atoms with E-state index >= 15 is 0 Å². The number of nitrogens with one attached hydrogen (secondary N) is 1. The molecule has 1 saturated heterocycles. The summed E-state index contributed by atoms with van der Waals surface area (Å²) in [5.74, 6) is 0.771. The molecule has 0 atom stereocenters. The van der Waals surface area contributed by atoms with Gasteiger partial charge in [0.2, 0.25) is 21.8 Å². The van der Waals surface area contributed by atoms with Crippen LogP contribution in [0.25, 0.3) is 11.5 Å². The van der Waals surface area contributed by atoms with Gasteiger partial charge in [-0.1, -0.05) is 22.8 Å². The van der Waals surface area contributed by atoms with E-state index < -0.39 is 10.0 Å². The summed E-state index contributed by atoms with van der Waals surface area (Å²) in [6.07, 6.45) is 0.795. The summed E-state index contributed by atoms with van der Waals surface area (Å²) in [6.45, 7) is 7.18. The molecule has 1 aliphatic heterocycles. The third kappa shape index (κ3) is 5.68. The summed E-state index contributed by atoms with van der Waals surface area (Å²) in [6, 6.07) is 12.0. The van der Waals surface area contributed by atoms with Crippen molar-refractivity contribution >= 4 is 21.9 Å². The monoisotopic (exact) mass is 514 g/mol. The van der Waals surface area contributed by atoms with E-state index in [1.807, 2.05) is 20.8 Å². The van der Waals surface area contributed by atoms with Crippen LogP contribution in [0, 0.1) is 12.8 Å². The second-order valence-corrected chi connectivity index (χ2v) is 10.4. The molecule has 0 saturated carbocycles. The maximum Gasteiger partial charge on any atom is 0.322 e. The smallest absolute Gasteiger partial charge is 0.322 e. The van der Waals surface area contributed by atoms with Crippen LogP contribution in [-0.4, -0.2) is 55.1 Å². The van der Waals surface area contributed by atoms with Gasteiger partial charge in [0, 0.05) is 24.6 Å². The molecule has 0 aliphatic carbocycles. The molecule has 2 heterocycles. The number of amides is 1. The number of sulfonamides is 1. The van der Waals surface area contributed by atoms with Crippen molar-refractivity contribution in [1.82, 2.24) is 14.5 Å². The molecule has 0 radical (unpaired) electrons. The van der Waals surface area contributed by atoms with Crippen molar-refractivity contribution < 1.29 is 27.1 Å². The summed E-state index contributed by atoms with van der Waals surface area (Å²) < 4.78 is 44.1. The number of aromatic nitrogens is 2. The first-order valence-electron chi connectivity index (χ1n) is 11.9. The predicted molar refractivity (Wildman–Crippen MR) is 133 cm³/mol. The zero-order valence-corrected chi connectivity index (χ0v) is 21.4. The predicted octanol–water partition coefficient (Wildman–Crippen LogP) is 3.88. The van der Waals surface area contributed by atoms with Gasteiger partial charge in [-0.3, -0.25) is 10.1 Å². The van der Waals surface area contributed by atoms with E-state index in [-0.39, 0.29) is 41.7 Å². The molecule has 0 bridgehead atoms. The number of carbonyl (C=O) groups is 1. The third-order valence-electron chi connectivity index (χ3n) is 5.93. The second-order valence-electron chi connectivity index (χ2n) is 8.42. The number of benzene rings is 2. The molecule has 0 spiro atoms. The molecule has 4 rings (SSSR count). The lowest BCUT2D eigenvalue weighted by molar-refractivity contribution is -0.121. The summed E-state index contributed by atoms with van der Waals surface area (Å²) >= 11 is 0. The Morgan fingerprint density at radius 2 is 1.69 bits per heavy atom. The SMILES string of the molecule is CCOc1ccc(-c2nnc(NC(=O)C3CCN(S(=O)(=O)c4ccc(C)cc4)CC3)o2)cc1OCC. The average molecular weight is 515 g/mol. The quantitative estimate of drug-likeness (QED) is 0.456. The fraction of sp³-hybridized carbons (Fsp3) is 0.400. The van der Waals surface area contributed by atoms with E-state index in [9.17, 15) is 13.2 Å². The van der Waals surface area contributed by atoms with Gasteiger partial charge in [-0.25, -0.2) is 8.42 Å². The maximum atomic E-state index is 12.9. The highest BCUT2D eigenvalue weighted by Crippen LogP contribution is 2.33. The Hall–Kier alpha value is -3.44. The van der Waals surface area contributed by atoms with Crippen LogP contribution in [-0.2, 0) is 14.8 Å². The van der Waals surface area contributed by atoms with Crippen LogP contribution in [0.2, 0.25) is 0 Å². The minimum Gasteiger partial charge on any atom is -0.490 e. The highest BCUT2D eigenvalue weighted by atomic mass is 32.2. The lowest BCUT2D eigenvalue weighted by Crippen LogP contribution is -2.41. The van der Waals surface area contributed by atoms with Crippen LogP contribution in [0.3, 0.4) is 0 Å². The molecule has 1 N–H and O–H groups in total. The number of ether oxygens (including phenoxy) is 2. The van der Waals surface area contributed by atoms with Crippen LogP contribution in [0.1, 0.15) is 32.3 Å². The minimum atomic E-state index is -3.59. The van der Waals surface area contributed by atoms with Gasteiger partial charge in [0.05, 0.1) is 18.1 Å². The Bertz CT molecular complexity index is 1300. The molecule has 1 aromatic heterocycles. The molecule has 11 heteroatoms. The Morgan fingerprint density at radius 3 is 2.36 bits per heavy atom. The molecule has 1 aliphatic rings. The molecule has 36 heavy (non-hydrogen) atoms. The Kier molecular flexibility index (Phi) is 7.90. The Balaban J connectivity index is 1.37. The van der Waals surface area contributed by atoms with Crippen LogP contribution in [0.15, 0.2) is 51.8 Å². The molecule has 0 unspecified atom stereocenters. The number of hydrogen-bond acceptors (Lipinski definition) is 8. The van der Waals surface area contributed by atoms with Crippen molar-refractivity contribution in [2.75, 3.05) is 31.6 Å². The highest BCUT2D eigenvalue weighted by Gasteiger charge is 2.32. The van der Waals surface area contributed by atoms with Gasteiger partial charge < -0.3 is 13.9 Å². The van der Waals surface area contributed by atoms with E-state index in [0.29, 0.717) is 43.1 Å². The summed E-state index contributed by atoms with van der Waals surface area (Å²) in [5.41, 5.74) is 1.62. The van der Waals surface area contributed by atoms with Gasteiger partial charge in [0.25, 0.3) is 0 Å².